The van der Waals surface area contributed by atoms with Crippen molar-refractivity contribution < 1.29 is 14.3 Å². The Bertz CT molecular complexity index is 1410. The molecule has 5 rings (SSSR count). The van der Waals surface area contributed by atoms with Gasteiger partial charge in [-0.1, -0.05) is 55.0 Å². The molecule has 0 saturated carbocycles. The third-order valence-electron chi connectivity index (χ3n) is 5.72. The number of aromatic amines is 2. The molecule has 0 unspecified atom stereocenters. The lowest BCUT2D eigenvalue weighted by Gasteiger charge is -2.02. The highest BCUT2D eigenvalue weighted by atomic mass is 16.5. The van der Waals surface area contributed by atoms with Crippen LogP contribution in [-0.2, 0) is 11.2 Å². The van der Waals surface area contributed by atoms with Gasteiger partial charge in [-0.2, -0.15) is 0 Å². The Kier molecular flexibility index (Phi) is 10.3. The minimum absolute atomic E-state index is 0.206. The summed E-state index contributed by atoms with van der Waals surface area (Å²) in [5.41, 5.74) is 5.34. The van der Waals surface area contributed by atoms with Crippen LogP contribution in [0, 0.1) is 6.92 Å². The average Bonchev–Trinajstić information content (AvgIpc) is 3.59. The van der Waals surface area contributed by atoms with Crippen molar-refractivity contribution in [3.05, 3.63) is 102 Å². The van der Waals surface area contributed by atoms with E-state index >= 15 is 0 Å². The zero-order valence-electron chi connectivity index (χ0n) is 21.5. The monoisotopic (exact) mass is 498 g/mol. The molecular formula is C30H34N4O3. The second-order valence-electron chi connectivity index (χ2n) is 8.33. The van der Waals surface area contributed by atoms with E-state index in [-0.39, 0.29) is 5.91 Å². The normalized spacial score (nSPS) is 10.0. The minimum Gasteiger partial charge on any atom is -0.497 e. The fourth-order valence-corrected chi connectivity index (χ4v) is 3.76. The molecule has 0 aliphatic rings. The van der Waals surface area contributed by atoms with E-state index in [9.17, 15) is 9.59 Å². The molecule has 0 aliphatic carbocycles. The number of carbonyl (C=O) groups excluding carboxylic acids is 2. The summed E-state index contributed by atoms with van der Waals surface area (Å²) < 4.78 is 5.13. The minimum atomic E-state index is -0.206. The van der Waals surface area contributed by atoms with E-state index in [0.29, 0.717) is 25.2 Å². The number of aryl methyl sites for hydroxylation is 2. The van der Waals surface area contributed by atoms with E-state index in [1.54, 1.807) is 13.2 Å². The largest absolute Gasteiger partial charge is 0.497 e. The average molecular weight is 499 g/mol. The molecule has 0 radical (unpaired) electrons. The van der Waals surface area contributed by atoms with Crippen molar-refractivity contribution in [2.45, 2.75) is 20.3 Å². The summed E-state index contributed by atoms with van der Waals surface area (Å²) >= 11 is 0. The van der Waals surface area contributed by atoms with Gasteiger partial charge in [0.25, 0.3) is 5.91 Å². The molecule has 0 aliphatic heterocycles. The maximum atomic E-state index is 11.8. The van der Waals surface area contributed by atoms with Crippen molar-refractivity contribution in [1.82, 2.24) is 20.6 Å². The van der Waals surface area contributed by atoms with Crippen LogP contribution in [0.1, 0.15) is 28.5 Å². The van der Waals surface area contributed by atoms with Crippen LogP contribution in [0.15, 0.2) is 85.1 Å². The number of aromatic nitrogens is 2. The number of rotatable bonds is 7. The Balaban J connectivity index is 0.000000176. The SMILES string of the molecule is CCc1cccc2[nH]ccc12.COc1ccc2[nH]c(C(=O)NCCNC=O)cc2c1.Cc1ccccc1. The van der Waals surface area contributed by atoms with Gasteiger partial charge in [0.2, 0.25) is 6.41 Å². The van der Waals surface area contributed by atoms with E-state index in [1.807, 2.05) is 42.6 Å². The maximum absolute atomic E-state index is 11.8. The van der Waals surface area contributed by atoms with Gasteiger partial charge >= 0.3 is 0 Å². The Labute approximate surface area is 217 Å². The fourth-order valence-electron chi connectivity index (χ4n) is 3.76. The quantitative estimate of drug-likeness (QED) is 0.179. The van der Waals surface area contributed by atoms with Crippen molar-refractivity contribution >= 4 is 34.1 Å². The van der Waals surface area contributed by atoms with Crippen LogP contribution < -0.4 is 15.4 Å². The third kappa shape index (κ3) is 8.00. The zero-order valence-corrected chi connectivity index (χ0v) is 21.5. The lowest BCUT2D eigenvalue weighted by atomic mass is 10.1. The number of fused-ring (bicyclic) bond motifs is 2. The predicted molar refractivity (Wildman–Crippen MR) is 150 cm³/mol. The molecule has 2 amide bonds. The van der Waals surface area contributed by atoms with E-state index in [1.165, 1.54) is 22.0 Å². The summed E-state index contributed by atoms with van der Waals surface area (Å²) in [5.74, 6) is 0.538. The van der Waals surface area contributed by atoms with Gasteiger partial charge in [-0.15, -0.1) is 0 Å². The molecule has 7 heteroatoms. The van der Waals surface area contributed by atoms with E-state index in [2.05, 4.69) is 70.8 Å². The zero-order chi connectivity index (χ0) is 26.5. The summed E-state index contributed by atoms with van der Waals surface area (Å²) in [6.45, 7) is 5.06. The smallest absolute Gasteiger partial charge is 0.267 e. The number of amides is 2. The summed E-state index contributed by atoms with van der Waals surface area (Å²) in [6.07, 6.45) is 3.69. The molecular weight excluding hydrogens is 464 g/mol. The summed E-state index contributed by atoms with van der Waals surface area (Å²) in [6, 6.07) is 26.1. The van der Waals surface area contributed by atoms with Crippen molar-refractivity contribution in [3.63, 3.8) is 0 Å². The first-order valence-corrected chi connectivity index (χ1v) is 12.2. The lowest BCUT2D eigenvalue weighted by Crippen LogP contribution is -2.31. The van der Waals surface area contributed by atoms with Crippen molar-refractivity contribution in [2.75, 3.05) is 20.2 Å². The third-order valence-corrected chi connectivity index (χ3v) is 5.72. The lowest BCUT2D eigenvalue weighted by molar-refractivity contribution is -0.109. The molecule has 0 fully saturated rings. The standard InChI is InChI=1S/C13H15N3O3.C10H11N.C7H8/c1-19-10-2-3-11-9(6-10)7-12(16-11)13(18)15-5-4-14-8-17;1-2-8-4-3-5-10-9(8)6-7-11-10;1-7-5-3-2-4-6-7/h2-3,6-8,16H,4-5H2,1H3,(H,14,17)(H,15,18);3-7,11H,2H2,1H3;2-6H,1H3. The second kappa shape index (κ2) is 14.1. The molecule has 0 saturated heterocycles. The first-order chi connectivity index (χ1) is 18.0. The van der Waals surface area contributed by atoms with Crippen LogP contribution in [0.2, 0.25) is 0 Å². The van der Waals surface area contributed by atoms with Gasteiger partial charge < -0.3 is 25.3 Å². The van der Waals surface area contributed by atoms with Crippen molar-refractivity contribution in [1.29, 1.82) is 0 Å². The molecule has 192 valence electrons. The first-order valence-electron chi connectivity index (χ1n) is 12.2. The molecule has 4 N–H and O–H groups in total. The van der Waals surface area contributed by atoms with E-state index in [4.69, 9.17) is 4.74 Å². The molecule has 0 spiro atoms. The number of ether oxygens (including phenoxy) is 1. The summed E-state index contributed by atoms with van der Waals surface area (Å²) in [5, 5.41) is 7.44. The predicted octanol–water partition coefficient (Wildman–Crippen LogP) is 5.38. The Morgan fingerprint density at radius 3 is 2.43 bits per heavy atom. The molecule has 0 atom stereocenters. The highest BCUT2D eigenvalue weighted by Crippen LogP contribution is 2.21. The number of hydrogen-bond acceptors (Lipinski definition) is 3. The first kappa shape index (κ1) is 27.1. The number of H-pyrrole nitrogens is 2. The van der Waals surface area contributed by atoms with Gasteiger partial charge in [-0.05, 0) is 55.3 Å². The van der Waals surface area contributed by atoms with Gasteiger partial charge in [-0.3, -0.25) is 9.59 Å². The number of hydrogen-bond donors (Lipinski definition) is 4. The number of benzene rings is 3. The van der Waals surface area contributed by atoms with Gasteiger partial charge in [-0.25, -0.2) is 0 Å². The molecule has 3 aromatic carbocycles. The highest BCUT2D eigenvalue weighted by Gasteiger charge is 2.09. The number of nitrogens with one attached hydrogen (secondary N) is 4. The van der Waals surface area contributed by atoms with E-state index in [0.717, 1.165) is 23.1 Å². The van der Waals surface area contributed by atoms with Crippen LogP contribution in [0.4, 0.5) is 0 Å². The van der Waals surface area contributed by atoms with Crippen molar-refractivity contribution in [3.8, 4) is 5.75 Å². The van der Waals surface area contributed by atoms with Gasteiger partial charge in [0.15, 0.2) is 0 Å². The van der Waals surface area contributed by atoms with Crippen LogP contribution >= 0.6 is 0 Å². The number of methoxy groups -OCH3 is 1. The Hall–Kier alpha value is -4.52. The molecule has 2 heterocycles. The maximum Gasteiger partial charge on any atom is 0.267 e. The van der Waals surface area contributed by atoms with Crippen LogP contribution in [0.25, 0.3) is 21.8 Å². The van der Waals surface area contributed by atoms with Gasteiger partial charge in [0, 0.05) is 41.1 Å². The highest BCUT2D eigenvalue weighted by molar-refractivity contribution is 5.98. The summed E-state index contributed by atoms with van der Waals surface area (Å²) in [7, 11) is 1.60. The molecule has 7 nitrogen and oxygen atoms in total. The van der Waals surface area contributed by atoms with Crippen LogP contribution in [0.5, 0.6) is 5.75 Å². The molecule has 5 aromatic rings. The molecule has 0 bridgehead atoms. The Morgan fingerprint density at radius 2 is 1.76 bits per heavy atom. The fraction of sp³-hybridized carbons (Fsp3) is 0.200. The summed E-state index contributed by atoms with van der Waals surface area (Å²) in [4.78, 5) is 28.1. The second-order valence-corrected chi connectivity index (χ2v) is 8.33. The van der Waals surface area contributed by atoms with Crippen LogP contribution in [0.3, 0.4) is 0 Å². The molecule has 2 aromatic heterocycles. The molecule has 37 heavy (non-hydrogen) atoms. The van der Waals surface area contributed by atoms with Gasteiger partial charge in [0.05, 0.1) is 7.11 Å². The van der Waals surface area contributed by atoms with Crippen molar-refractivity contribution in [2.24, 2.45) is 0 Å². The van der Waals surface area contributed by atoms with E-state index < -0.39 is 0 Å². The topological polar surface area (TPSA) is 99.0 Å². The van der Waals surface area contributed by atoms with Crippen LogP contribution in [-0.4, -0.2) is 42.5 Å². The Morgan fingerprint density at radius 1 is 0.946 bits per heavy atom. The number of carbonyl (C=O) groups is 2. The van der Waals surface area contributed by atoms with Gasteiger partial charge in [0.1, 0.15) is 11.4 Å².